The third kappa shape index (κ3) is 3.20. The van der Waals surface area contributed by atoms with Gasteiger partial charge in [0.25, 0.3) is 0 Å². The number of anilines is 2. The molecular weight excluding hydrogens is 309 g/mol. The summed E-state index contributed by atoms with van der Waals surface area (Å²) in [6.45, 7) is 10.5. The molecule has 0 atom stereocenters. The fourth-order valence-corrected chi connectivity index (χ4v) is 2.78. The second kappa shape index (κ2) is 5.29. The third-order valence-corrected chi connectivity index (χ3v) is 4.25. The molecule has 1 heterocycles. The summed E-state index contributed by atoms with van der Waals surface area (Å²) in [4.78, 5) is 4.68. The fraction of sp³-hybridized carbons (Fsp3) is 0.571. The molecule has 1 aliphatic heterocycles. The average Bonchev–Trinajstić information content (AvgIpc) is 2.33. The molecule has 0 aromatic heterocycles. The molecule has 5 heteroatoms. The van der Waals surface area contributed by atoms with Gasteiger partial charge >= 0.3 is 0 Å². The Labute approximate surface area is 122 Å². The molecule has 19 heavy (non-hydrogen) atoms. The number of nitrogens with two attached hydrogens (primary N) is 1. The van der Waals surface area contributed by atoms with Crippen LogP contribution in [0.5, 0.6) is 0 Å². The monoisotopic (exact) mass is 329 g/mol. The first-order valence-electron chi connectivity index (χ1n) is 6.53. The molecular formula is C14H21BrFN3. The lowest BCUT2D eigenvalue weighted by Crippen LogP contribution is -2.53. The van der Waals surface area contributed by atoms with Gasteiger partial charge in [0.2, 0.25) is 0 Å². The molecule has 1 fully saturated rings. The second-order valence-electron chi connectivity index (χ2n) is 5.97. The van der Waals surface area contributed by atoms with Gasteiger partial charge in [0.1, 0.15) is 5.82 Å². The predicted molar refractivity (Wildman–Crippen MR) is 82.1 cm³/mol. The third-order valence-electron chi connectivity index (χ3n) is 3.64. The summed E-state index contributed by atoms with van der Waals surface area (Å²) in [6, 6.07) is 3.16. The van der Waals surface area contributed by atoms with E-state index in [0.717, 1.165) is 31.9 Å². The number of nitrogens with zero attached hydrogens (tertiary/aromatic N) is 2. The SMILES string of the molecule is CC(C)(C)N1CCN(c2cc(Br)c(F)cc2N)CC1. The normalized spacial score (nSPS) is 17.8. The van der Waals surface area contributed by atoms with E-state index in [-0.39, 0.29) is 11.4 Å². The van der Waals surface area contributed by atoms with Gasteiger partial charge in [-0.1, -0.05) is 0 Å². The largest absolute Gasteiger partial charge is 0.397 e. The number of rotatable bonds is 1. The van der Waals surface area contributed by atoms with Crippen molar-refractivity contribution in [3.63, 3.8) is 0 Å². The zero-order valence-corrected chi connectivity index (χ0v) is 13.3. The van der Waals surface area contributed by atoms with Crippen LogP contribution in [0.1, 0.15) is 20.8 Å². The minimum atomic E-state index is -0.311. The first-order valence-corrected chi connectivity index (χ1v) is 7.33. The highest BCUT2D eigenvalue weighted by atomic mass is 79.9. The average molecular weight is 330 g/mol. The van der Waals surface area contributed by atoms with Gasteiger partial charge in [-0.25, -0.2) is 4.39 Å². The topological polar surface area (TPSA) is 32.5 Å². The van der Waals surface area contributed by atoms with Crippen molar-refractivity contribution in [3.8, 4) is 0 Å². The van der Waals surface area contributed by atoms with Crippen molar-refractivity contribution in [2.24, 2.45) is 0 Å². The van der Waals surface area contributed by atoms with Gasteiger partial charge in [0.15, 0.2) is 0 Å². The van der Waals surface area contributed by atoms with Gasteiger partial charge in [-0.2, -0.15) is 0 Å². The van der Waals surface area contributed by atoms with E-state index in [9.17, 15) is 4.39 Å². The maximum Gasteiger partial charge on any atom is 0.139 e. The van der Waals surface area contributed by atoms with Crippen LogP contribution < -0.4 is 10.6 Å². The van der Waals surface area contributed by atoms with Crippen LogP contribution in [0.3, 0.4) is 0 Å². The van der Waals surface area contributed by atoms with Crippen molar-refractivity contribution >= 4 is 27.3 Å². The molecule has 106 valence electrons. The van der Waals surface area contributed by atoms with E-state index < -0.39 is 0 Å². The van der Waals surface area contributed by atoms with Crippen molar-refractivity contribution in [2.75, 3.05) is 36.8 Å². The standard InChI is InChI=1S/C14H21BrFN3/c1-14(2,3)19-6-4-18(5-7-19)13-8-10(15)11(16)9-12(13)17/h8-9H,4-7,17H2,1-3H3. The van der Waals surface area contributed by atoms with Crippen LogP contribution in [0.4, 0.5) is 15.8 Å². The summed E-state index contributed by atoms with van der Waals surface area (Å²) in [6.07, 6.45) is 0. The summed E-state index contributed by atoms with van der Waals surface area (Å²) >= 11 is 3.22. The summed E-state index contributed by atoms with van der Waals surface area (Å²) in [7, 11) is 0. The van der Waals surface area contributed by atoms with E-state index in [2.05, 4.69) is 46.5 Å². The Morgan fingerprint density at radius 2 is 1.74 bits per heavy atom. The number of benzene rings is 1. The lowest BCUT2D eigenvalue weighted by atomic mass is 10.0. The smallest absolute Gasteiger partial charge is 0.139 e. The van der Waals surface area contributed by atoms with Gasteiger partial charge in [0, 0.05) is 37.8 Å². The summed E-state index contributed by atoms with van der Waals surface area (Å²) < 4.78 is 13.9. The van der Waals surface area contributed by atoms with E-state index in [1.807, 2.05) is 0 Å². The Bertz CT molecular complexity index is 462. The fourth-order valence-electron chi connectivity index (χ4n) is 2.44. The van der Waals surface area contributed by atoms with Gasteiger partial charge in [-0.3, -0.25) is 4.90 Å². The Hall–Kier alpha value is -0.810. The highest BCUT2D eigenvalue weighted by molar-refractivity contribution is 9.10. The molecule has 2 rings (SSSR count). The molecule has 1 aromatic carbocycles. The van der Waals surface area contributed by atoms with Crippen molar-refractivity contribution in [2.45, 2.75) is 26.3 Å². The lowest BCUT2D eigenvalue weighted by Gasteiger charge is -2.43. The molecule has 0 aliphatic carbocycles. The first kappa shape index (κ1) is 14.6. The molecule has 0 radical (unpaired) electrons. The number of halogens is 2. The maximum absolute atomic E-state index is 13.4. The van der Waals surface area contributed by atoms with Crippen LogP contribution >= 0.6 is 15.9 Å². The minimum Gasteiger partial charge on any atom is -0.397 e. The molecule has 0 spiro atoms. The second-order valence-corrected chi connectivity index (χ2v) is 6.82. The number of hydrogen-bond donors (Lipinski definition) is 1. The summed E-state index contributed by atoms with van der Waals surface area (Å²) in [5.41, 5.74) is 7.54. The van der Waals surface area contributed by atoms with Crippen molar-refractivity contribution in [1.29, 1.82) is 0 Å². The zero-order chi connectivity index (χ0) is 14.2. The van der Waals surface area contributed by atoms with E-state index in [4.69, 9.17) is 5.73 Å². The quantitative estimate of drug-likeness (QED) is 0.803. The molecule has 0 saturated carbocycles. The van der Waals surface area contributed by atoms with E-state index in [1.165, 1.54) is 6.07 Å². The molecule has 1 saturated heterocycles. The number of hydrogen-bond acceptors (Lipinski definition) is 3. The van der Waals surface area contributed by atoms with Gasteiger partial charge in [-0.15, -0.1) is 0 Å². The van der Waals surface area contributed by atoms with Gasteiger partial charge < -0.3 is 10.6 Å². The summed E-state index contributed by atoms with van der Waals surface area (Å²) in [5.74, 6) is -0.311. The highest BCUT2D eigenvalue weighted by Crippen LogP contribution is 2.31. The van der Waals surface area contributed by atoms with E-state index >= 15 is 0 Å². The van der Waals surface area contributed by atoms with Gasteiger partial charge in [-0.05, 0) is 42.8 Å². The Kier molecular flexibility index (Phi) is 4.06. The Balaban J connectivity index is 2.12. The zero-order valence-electron chi connectivity index (χ0n) is 11.7. The lowest BCUT2D eigenvalue weighted by molar-refractivity contribution is 0.128. The molecule has 3 nitrogen and oxygen atoms in total. The highest BCUT2D eigenvalue weighted by Gasteiger charge is 2.26. The molecule has 2 N–H and O–H groups in total. The Morgan fingerprint density at radius 1 is 1.16 bits per heavy atom. The van der Waals surface area contributed by atoms with Crippen molar-refractivity contribution in [3.05, 3.63) is 22.4 Å². The van der Waals surface area contributed by atoms with Crippen LogP contribution in [0.15, 0.2) is 16.6 Å². The first-order chi connectivity index (χ1) is 8.79. The number of piperazine rings is 1. The number of nitrogen functional groups attached to an aromatic ring is 1. The molecule has 1 aromatic rings. The van der Waals surface area contributed by atoms with E-state index in [1.54, 1.807) is 6.07 Å². The minimum absolute atomic E-state index is 0.195. The van der Waals surface area contributed by atoms with Crippen LogP contribution in [0.2, 0.25) is 0 Å². The van der Waals surface area contributed by atoms with Crippen LogP contribution in [0, 0.1) is 5.82 Å². The Morgan fingerprint density at radius 3 is 2.26 bits per heavy atom. The van der Waals surface area contributed by atoms with E-state index in [0.29, 0.717) is 10.2 Å². The van der Waals surface area contributed by atoms with Gasteiger partial charge in [0.05, 0.1) is 15.8 Å². The maximum atomic E-state index is 13.4. The van der Waals surface area contributed by atoms with Crippen LogP contribution in [-0.4, -0.2) is 36.6 Å². The predicted octanol–water partition coefficient (Wildman–Crippen LogP) is 3.09. The van der Waals surface area contributed by atoms with Crippen molar-refractivity contribution < 1.29 is 4.39 Å². The molecule has 0 unspecified atom stereocenters. The van der Waals surface area contributed by atoms with Crippen LogP contribution in [-0.2, 0) is 0 Å². The molecule has 0 bridgehead atoms. The van der Waals surface area contributed by atoms with Crippen molar-refractivity contribution in [1.82, 2.24) is 4.90 Å². The molecule has 1 aliphatic rings. The molecule has 0 amide bonds. The van der Waals surface area contributed by atoms with Crippen LogP contribution in [0.25, 0.3) is 0 Å². The summed E-state index contributed by atoms with van der Waals surface area (Å²) in [5, 5.41) is 0.